The number of rotatable bonds is 4. The summed E-state index contributed by atoms with van der Waals surface area (Å²) in [4.78, 5) is 10.6. The van der Waals surface area contributed by atoms with Crippen molar-refractivity contribution >= 4 is 11.4 Å². The molecule has 0 radical (unpaired) electrons. The predicted octanol–water partition coefficient (Wildman–Crippen LogP) is 3.98. The van der Waals surface area contributed by atoms with E-state index in [1.54, 1.807) is 0 Å². The fourth-order valence-electron chi connectivity index (χ4n) is 1.75. The average Bonchev–Trinajstić information content (AvgIpc) is 2.61. The van der Waals surface area contributed by atoms with Gasteiger partial charge in [-0.1, -0.05) is 46.7 Å². The largest absolute Gasteiger partial charge is 0.356 e. The molecule has 1 aliphatic carbocycles. The molecule has 0 fully saturated rings. The van der Waals surface area contributed by atoms with Crippen LogP contribution < -0.4 is 9.68 Å². The van der Waals surface area contributed by atoms with E-state index in [2.05, 4.69) is 10.3 Å². The summed E-state index contributed by atoms with van der Waals surface area (Å²) in [7, 11) is 0. The van der Waals surface area contributed by atoms with Crippen molar-refractivity contribution in [2.75, 3.05) is 0 Å². The van der Waals surface area contributed by atoms with E-state index in [0.29, 0.717) is 22.9 Å². The molecule has 0 amide bonds. The van der Waals surface area contributed by atoms with Crippen LogP contribution in [0.25, 0.3) is 0 Å². The summed E-state index contributed by atoms with van der Waals surface area (Å²) in [6, 6.07) is 18.8. The second kappa shape index (κ2) is 7.04. The second-order valence-electron chi connectivity index (χ2n) is 4.51. The van der Waals surface area contributed by atoms with E-state index in [-0.39, 0.29) is 0 Å². The Labute approximate surface area is 128 Å². The summed E-state index contributed by atoms with van der Waals surface area (Å²) < 4.78 is 0. The van der Waals surface area contributed by atoms with Crippen LogP contribution in [0.1, 0.15) is 0 Å². The lowest BCUT2D eigenvalue weighted by Gasteiger charge is -2.03. The standard InChI is InChI=1S/C18H14N2O2/c1-3-7-17(8-4-1)21-19-15-11-13-16(14-12-15)20-22-18-9-5-2-6-10-18/h1-14H. The number of hydrogen-bond donors (Lipinski definition) is 0. The molecule has 2 aromatic rings. The lowest BCUT2D eigenvalue weighted by Crippen LogP contribution is -2.03. The molecule has 0 aromatic heterocycles. The van der Waals surface area contributed by atoms with E-state index in [0.717, 1.165) is 0 Å². The van der Waals surface area contributed by atoms with E-state index in [9.17, 15) is 0 Å². The van der Waals surface area contributed by atoms with Gasteiger partial charge in [0.25, 0.3) is 0 Å². The van der Waals surface area contributed by atoms with Gasteiger partial charge in [0.1, 0.15) is 11.4 Å². The van der Waals surface area contributed by atoms with Crippen molar-refractivity contribution in [1.29, 1.82) is 0 Å². The van der Waals surface area contributed by atoms with Crippen molar-refractivity contribution in [3.05, 3.63) is 85.0 Å². The van der Waals surface area contributed by atoms with Gasteiger partial charge in [0.15, 0.2) is 11.5 Å². The number of oxime groups is 2. The SMILES string of the molecule is C1=CC(=NOc2ccccc2)C=CC1=NOc1ccccc1. The topological polar surface area (TPSA) is 43.2 Å². The van der Waals surface area contributed by atoms with Gasteiger partial charge in [0.05, 0.1) is 0 Å². The number of nitrogens with zero attached hydrogens (tertiary/aromatic N) is 2. The molecule has 0 heterocycles. The van der Waals surface area contributed by atoms with Gasteiger partial charge in [-0.15, -0.1) is 0 Å². The zero-order valence-corrected chi connectivity index (χ0v) is 11.8. The quantitative estimate of drug-likeness (QED) is 0.631. The van der Waals surface area contributed by atoms with Gasteiger partial charge in [-0.3, -0.25) is 0 Å². The zero-order chi connectivity index (χ0) is 15.0. The van der Waals surface area contributed by atoms with E-state index in [1.807, 2.05) is 85.0 Å². The third-order valence-corrected chi connectivity index (χ3v) is 2.85. The van der Waals surface area contributed by atoms with Gasteiger partial charge in [-0.2, -0.15) is 0 Å². The molecule has 0 unspecified atom stereocenters. The summed E-state index contributed by atoms with van der Waals surface area (Å²) in [5.74, 6) is 1.40. The van der Waals surface area contributed by atoms with Crippen LogP contribution in [0.4, 0.5) is 0 Å². The fourth-order valence-corrected chi connectivity index (χ4v) is 1.75. The van der Waals surface area contributed by atoms with Crippen LogP contribution in [-0.4, -0.2) is 11.4 Å². The third-order valence-electron chi connectivity index (χ3n) is 2.85. The van der Waals surface area contributed by atoms with Gasteiger partial charge in [-0.25, -0.2) is 0 Å². The Bertz CT molecular complexity index is 651. The molecule has 2 aromatic carbocycles. The van der Waals surface area contributed by atoms with E-state index >= 15 is 0 Å². The van der Waals surface area contributed by atoms with Crippen molar-refractivity contribution < 1.29 is 9.68 Å². The van der Waals surface area contributed by atoms with Gasteiger partial charge in [0, 0.05) is 0 Å². The maximum atomic E-state index is 5.32. The highest BCUT2D eigenvalue weighted by Gasteiger charge is 2.01. The molecule has 0 atom stereocenters. The first-order valence-electron chi connectivity index (χ1n) is 6.86. The highest BCUT2D eigenvalue weighted by molar-refractivity contribution is 6.18. The van der Waals surface area contributed by atoms with Crippen LogP contribution in [0.5, 0.6) is 11.5 Å². The van der Waals surface area contributed by atoms with Gasteiger partial charge in [-0.05, 0) is 48.6 Å². The van der Waals surface area contributed by atoms with E-state index in [4.69, 9.17) is 9.68 Å². The molecule has 0 bridgehead atoms. The minimum atomic E-state index is 0.698. The molecule has 0 N–H and O–H groups in total. The van der Waals surface area contributed by atoms with E-state index < -0.39 is 0 Å². The Morgan fingerprint density at radius 3 is 1.23 bits per heavy atom. The Morgan fingerprint density at radius 1 is 0.500 bits per heavy atom. The molecule has 0 spiro atoms. The van der Waals surface area contributed by atoms with Crippen molar-refractivity contribution in [1.82, 2.24) is 0 Å². The summed E-state index contributed by atoms with van der Waals surface area (Å²) in [6.45, 7) is 0. The highest BCUT2D eigenvalue weighted by Crippen LogP contribution is 2.11. The first-order valence-corrected chi connectivity index (χ1v) is 6.86. The molecule has 1 aliphatic rings. The van der Waals surface area contributed by atoms with Gasteiger partial charge >= 0.3 is 0 Å². The molecule has 0 aliphatic heterocycles. The maximum Gasteiger partial charge on any atom is 0.157 e. The molecular weight excluding hydrogens is 276 g/mol. The summed E-state index contributed by atoms with van der Waals surface area (Å²) in [5, 5.41) is 8.11. The minimum absolute atomic E-state index is 0.698. The zero-order valence-electron chi connectivity index (χ0n) is 11.8. The van der Waals surface area contributed by atoms with Crippen molar-refractivity contribution in [3.8, 4) is 11.5 Å². The Kier molecular flexibility index (Phi) is 4.42. The molecule has 108 valence electrons. The maximum absolute atomic E-state index is 5.32. The molecule has 3 rings (SSSR count). The Hall–Kier alpha value is -3.14. The smallest absolute Gasteiger partial charge is 0.157 e. The lowest BCUT2D eigenvalue weighted by atomic mass is 10.1. The van der Waals surface area contributed by atoms with Crippen LogP contribution in [0, 0.1) is 0 Å². The number of para-hydroxylation sites is 2. The first kappa shape index (κ1) is 13.8. The normalized spacial score (nSPS) is 12.9. The van der Waals surface area contributed by atoms with Crippen molar-refractivity contribution in [3.63, 3.8) is 0 Å². The number of benzene rings is 2. The van der Waals surface area contributed by atoms with Crippen LogP contribution in [0.2, 0.25) is 0 Å². The molecule has 0 saturated carbocycles. The third kappa shape index (κ3) is 3.93. The predicted molar refractivity (Wildman–Crippen MR) is 87.3 cm³/mol. The summed E-state index contributed by atoms with van der Waals surface area (Å²) >= 11 is 0. The lowest BCUT2D eigenvalue weighted by molar-refractivity contribution is 0.341. The molecule has 0 saturated heterocycles. The number of hydrogen-bond acceptors (Lipinski definition) is 4. The highest BCUT2D eigenvalue weighted by atomic mass is 16.6. The Balaban J connectivity index is 1.59. The molecule has 4 nitrogen and oxygen atoms in total. The number of allylic oxidation sites excluding steroid dienone is 4. The minimum Gasteiger partial charge on any atom is -0.356 e. The average molecular weight is 290 g/mol. The first-order chi connectivity index (χ1) is 10.9. The molecular formula is C18H14N2O2. The van der Waals surface area contributed by atoms with Crippen molar-refractivity contribution in [2.45, 2.75) is 0 Å². The van der Waals surface area contributed by atoms with Crippen LogP contribution in [0.3, 0.4) is 0 Å². The molecule has 4 heteroatoms. The van der Waals surface area contributed by atoms with Gasteiger partial charge < -0.3 is 9.68 Å². The van der Waals surface area contributed by atoms with Gasteiger partial charge in [0.2, 0.25) is 0 Å². The van der Waals surface area contributed by atoms with Crippen molar-refractivity contribution in [2.24, 2.45) is 10.3 Å². The summed E-state index contributed by atoms with van der Waals surface area (Å²) in [5.41, 5.74) is 1.42. The fraction of sp³-hybridized carbons (Fsp3) is 0. The Morgan fingerprint density at radius 2 is 0.864 bits per heavy atom. The van der Waals surface area contributed by atoms with Crippen LogP contribution in [-0.2, 0) is 0 Å². The van der Waals surface area contributed by atoms with Crippen LogP contribution in [0.15, 0.2) is 95.3 Å². The second-order valence-corrected chi connectivity index (χ2v) is 4.51. The van der Waals surface area contributed by atoms with Crippen LogP contribution >= 0.6 is 0 Å². The van der Waals surface area contributed by atoms with E-state index in [1.165, 1.54) is 0 Å². The molecule has 22 heavy (non-hydrogen) atoms. The summed E-state index contributed by atoms with van der Waals surface area (Å²) in [6.07, 6.45) is 7.26. The monoisotopic (exact) mass is 290 g/mol.